The lowest BCUT2D eigenvalue weighted by molar-refractivity contribution is -0.116. The molecule has 1 aromatic rings. The predicted molar refractivity (Wildman–Crippen MR) is 98.0 cm³/mol. The van der Waals surface area contributed by atoms with Gasteiger partial charge in [-0.05, 0) is 56.5 Å². The van der Waals surface area contributed by atoms with Gasteiger partial charge in [-0.3, -0.25) is 9.69 Å². The first-order chi connectivity index (χ1) is 12.0. The van der Waals surface area contributed by atoms with E-state index in [1.165, 1.54) is 19.4 Å². The number of benzene rings is 1. The summed E-state index contributed by atoms with van der Waals surface area (Å²) in [5, 5.41) is 3.06. The highest BCUT2D eigenvalue weighted by atomic mass is 16.2. The molecule has 2 saturated heterocycles. The van der Waals surface area contributed by atoms with Crippen LogP contribution in [-0.2, 0) is 11.2 Å². The summed E-state index contributed by atoms with van der Waals surface area (Å²) in [4.78, 5) is 30.7. The molecule has 4 rings (SSSR count). The third-order valence-electron chi connectivity index (χ3n) is 5.80. The third-order valence-corrected chi connectivity index (χ3v) is 5.80. The van der Waals surface area contributed by atoms with Crippen LogP contribution >= 0.6 is 0 Å². The van der Waals surface area contributed by atoms with E-state index >= 15 is 0 Å². The minimum Gasteiger partial charge on any atom is -0.319 e. The molecule has 0 bridgehead atoms. The molecular weight excluding hydrogens is 316 g/mol. The number of carbonyl (C=O) groups is 2. The van der Waals surface area contributed by atoms with Gasteiger partial charge in [-0.25, -0.2) is 4.79 Å². The zero-order chi connectivity index (χ0) is 17.6. The number of urea groups is 1. The van der Waals surface area contributed by atoms with Crippen molar-refractivity contribution in [2.45, 2.75) is 45.2 Å². The second-order valence-corrected chi connectivity index (χ2v) is 7.49. The van der Waals surface area contributed by atoms with Gasteiger partial charge in [0.25, 0.3) is 0 Å². The Kier molecular flexibility index (Phi) is 4.15. The van der Waals surface area contributed by atoms with Crippen LogP contribution in [0.4, 0.5) is 16.2 Å². The van der Waals surface area contributed by atoms with Gasteiger partial charge in [-0.1, -0.05) is 0 Å². The Morgan fingerprint density at radius 3 is 2.84 bits per heavy atom. The van der Waals surface area contributed by atoms with Gasteiger partial charge in [0.15, 0.2) is 0 Å². The van der Waals surface area contributed by atoms with Crippen molar-refractivity contribution in [1.82, 2.24) is 9.80 Å². The lowest BCUT2D eigenvalue weighted by atomic mass is 10.1. The third kappa shape index (κ3) is 2.99. The Labute approximate surface area is 148 Å². The molecule has 3 aliphatic heterocycles. The zero-order valence-corrected chi connectivity index (χ0v) is 15.0. The van der Waals surface area contributed by atoms with E-state index in [1.807, 2.05) is 23.1 Å². The van der Waals surface area contributed by atoms with Crippen molar-refractivity contribution in [3.63, 3.8) is 0 Å². The topological polar surface area (TPSA) is 55.9 Å². The average Bonchev–Trinajstić information content (AvgIpc) is 3.19. The number of hydrogen-bond acceptors (Lipinski definition) is 3. The number of hydrogen-bond donors (Lipinski definition) is 1. The molecule has 2 fully saturated rings. The van der Waals surface area contributed by atoms with E-state index in [0.29, 0.717) is 6.04 Å². The molecule has 3 heterocycles. The zero-order valence-electron chi connectivity index (χ0n) is 15.0. The van der Waals surface area contributed by atoms with Gasteiger partial charge in [-0.2, -0.15) is 0 Å². The molecule has 134 valence electrons. The number of piperazine rings is 1. The fourth-order valence-electron chi connectivity index (χ4n) is 4.47. The Balaban J connectivity index is 1.45. The summed E-state index contributed by atoms with van der Waals surface area (Å²) in [7, 11) is 0. The first-order valence-corrected chi connectivity index (χ1v) is 9.25. The van der Waals surface area contributed by atoms with Gasteiger partial charge in [0.1, 0.15) is 0 Å². The highest BCUT2D eigenvalue weighted by Gasteiger charge is 2.36. The smallest absolute Gasteiger partial charge is 0.319 e. The largest absolute Gasteiger partial charge is 0.322 e. The van der Waals surface area contributed by atoms with E-state index in [4.69, 9.17) is 0 Å². The van der Waals surface area contributed by atoms with Crippen LogP contribution in [0.15, 0.2) is 18.2 Å². The number of carbonyl (C=O) groups excluding carboxylic acids is 2. The maximum Gasteiger partial charge on any atom is 0.322 e. The fraction of sp³-hybridized carbons (Fsp3) is 0.579. The SMILES string of the molecule is CC(=O)N1CCc2cc(NC(=O)N3C[C@H]4CCCN4C[C@@H]3C)ccc21. The lowest BCUT2D eigenvalue weighted by Crippen LogP contribution is -2.57. The Morgan fingerprint density at radius 1 is 1.20 bits per heavy atom. The van der Waals surface area contributed by atoms with Crippen molar-refractivity contribution in [2.75, 3.05) is 36.4 Å². The molecule has 25 heavy (non-hydrogen) atoms. The van der Waals surface area contributed by atoms with Gasteiger partial charge >= 0.3 is 6.03 Å². The van der Waals surface area contributed by atoms with Gasteiger partial charge in [0.2, 0.25) is 5.91 Å². The van der Waals surface area contributed by atoms with Crippen molar-refractivity contribution in [1.29, 1.82) is 0 Å². The molecule has 3 amide bonds. The normalized spacial score (nSPS) is 25.7. The highest BCUT2D eigenvalue weighted by molar-refractivity contribution is 5.95. The number of nitrogens with one attached hydrogen (secondary N) is 1. The second-order valence-electron chi connectivity index (χ2n) is 7.49. The van der Waals surface area contributed by atoms with Crippen molar-refractivity contribution < 1.29 is 9.59 Å². The molecule has 0 spiro atoms. The van der Waals surface area contributed by atoms with Crippen molar-refractivity contribution >= 4 is 23.3 Å². The van der Waals surface area contributed by atoms with Crippen LogP contribution in [0.2, 0.25) is 0 Å². The van der Waals surface area contributed by atoms with E-state index in [1.54, 1.807) is 11.8 Å². The minimum absolute atomic E-state index is 0.0135. The monoisotopic (exact) mass is 342 g/mol. The highest BCUT2D eigenvalue weighted by Crippen LogP contribution is 2.31. The second kappa shape index (κ2) is 6.33. The van der Waals surface area contributed by atoms with Crippen LogP contribution in [0.1, 0.15) is 32.3 Å². The summed E-state index contributed by atoms with van der Waals surface area (Å²) in [6.45, 7) is 7.40. The van der Waals surface area contributed by atoms with Crippen LogP contribution < -0.4 is 10.2 Å². The molecule has 1 aromatic carbocycles. The maximum absolute atomic E-state index is 12.8. The number of rotatable bonds is 1. The summed E-state index contributed by atoms with van der Waals surface area (Å²) in [6, 6.07) is 6.59. The van der Waals surface area contributed by atoms with Crippen molar-refractivity contribution in [2.24, 2.45) is 0 Å². The minimum atomic E-state index is -0.0135. The molecule has 0 saturated carbocycles. The van der Waals surface area contributed by atoms with Crippen LogP contribution in [-0.4, -0.2) is 60.0 Å². The Morgan fingerprint density at radius 2 is 2.04 bits per heavy atom. The number of nitrogens with zero attached hydrogens (tertiary/aromatic N) is 3. The van der Waals surface area contributed by atoms with E-state index < -0.39 is 0 Å². The standard InChI is InChI=1S/C19H26N4O2/c1-13-11-21-8-3-4-17(21)12-23(13)19(25)20-16-5-6-18-15(10-16)7-9-22(18)14(2)24/h5-6,10,13,17H,3-4,7-9,11-12H2,1-2H3,(H,20,25)/t13-,17+/m0/s1. The van der Waals surface area contributed by atoms with Gasteiger partial charge < -0.3 is 15.1 Å². The van der Waals surface area contributed by atoms with Crippen molar-refractivity contribution in [3.05, 3.63) is 23.8 Å². The van der Waals surface area contributed by atoms with Crippen LogP contribution in [0.5, 0.6) is 0 Å². The molecule has 2 atom stereocenters. The molecular formula is C19H26N4O2. The summed E-state index contributed by atoms with van der Waals surface area (Å²) in [5.74, 6) is 0.0683. The summed E-state index contributed by atoms with van der Waals surface area (Å²) < 4.78 is 0. The number of anilines is 2. The summed E-state index contributed by atoms with van der Waals surface area (Å²) in [6.07, 6.45) is 3.27. The average molecular weight is 342 g/mol. The van der Waals surface area contributed by atoms with Gasteiger partial charge in [0.05, 0.1) is 0 Å². The van der Waals surface area contributed by atoms with Crippen molar-refractivity contribution in [3.8, 4) is 0 Å². The molecule has 0 aliphatic carbocycles. The molecule has 0 unspecified atom stereocenters. The summed E-state index contributed by atoms with van der Waals surface area (Å²) in [5.41, 5.74) is 2.91. The molecule has 0 radical (unpaired) electrons. The van der Waals surface area contributed by atoms with Crippen LogP contribution in [0.3, 0.4) is 0 Å². The van der Waals surface area contributed by atoms with E-state index in [9.17, 15) is 9.59 Å². The fourth-order valence-corrected chi connectivity index (χ4v) is 4.47. The molecule has 3 aliphatic rings. The van der Waals surface area contributed by atoms with E-state index in [0.717, 1.165) is 43.0 Å². The Hall–Kier alpha value is -2.08. The summed E-state index contributed by atoms with van der Waals surface area (Å²) >= 11 is 0. The lowest BCUT2D eigenvalue weighted by Gasteiger charge is -2.42. The van der Waals surface area contributed by atoms with E-state index in [-0.39, 0.29) is 18.0 Å². The van der Waals surface area contributed by atoms with E-state index in [2.05, 4.69) is 17.1 Å². The molecule has 6 nitrogen and oxygen atoms in total. The first-order valence-electron chi connectivity index (χ1n) is 9.25. The predicted octanol–water partition coefficient (Wildman–Crippen LogP) is 2.30. The maximum atomic E-state index is 12.8. The van der Waals surface area contributed by atoms with Gasteiger partial charge in [0, 0.05) is 50.0 Å². The van der Waals surface area contributed by atoms with Crippen LogP contribution in [0, 0.1) is 0 Å². The first kappa shape index (κ1) is 16.4. The molecule has 1 N–H and O–H groups in total. The molecule has 6 heteroatoms. The van der Waals surface area contributed by atoms with Crippen LogP contribution in [0.25, 0.3) is 0 Å². The quantitative estimate of drug-likeness (QED) is 0.852. The molecule has 0 aromatic heterocycles. The van der Waals surface area contributed by atoms with Gasteiger partial charge in [-0.15, -0.1) is 0 Å². The Bertz CT molecular complexity index is 705. The number of fused-ring (bicyclic) bond motifs is 2. The number of amides is 3.